The standard InChI is InChI=1S/C22H24N6O2/c1-29-19-7-5-17(6-8-19)22-25-24-21(30-22)16-27-12-10-26(11-13-27)14-18-15-28-9-3-2-4-20(28)23-18/h2-9,15H,10-14,16H2,1H3. The number of ether oxygens (including phenoxy) is 1. The molecule has 0 spiro atoms. The van der Waals surface area contributed by atoms with Crippen molar-refractivity contribution < 1.29 is 9.15 Å². The van der Waals surface area contributed by atoms with Crippen LogP contribution < -0.4 is 4.74 Å². The van der Waals surface area contributed by atoms with E-state index in [2.05, 4.69) is 30.6 Å². The number of fused-ring (bicyclic) bond motifs is 1. The Bertz CT molecular complexity index is 1080. The van der Waals surface area contributed by atoms with E-state index in [1.165, 1.54) is 0 Å². The minimum atomic E-state index is 0.540. The molecule has 0 N–H and O–H groups in total. The molecule has 0 aliphatic carbocycles. The van der Waals surface area contributed by atoms with Crippen LogP contribution in [0, 0.1) is 0 Å². The van der Waals surface area contributed by atoms with Crippen molar-refractivity contribution in [2.75, 3.05) is 33.3 Å². The third-order valence-electron chi connectivity index (χ3n) is 5.43. The van der Waals surface area contributed by atoms with Crippen LogP contribution >= 0.6 is 0 Å². The Morgan fingerprint density at radius 2 is 1.70 bits per heavy atom. The van der Waals surface area contributed by atoms with Crippen molar-refractivity contribution in [3.8, 4) is 17.2 Å². The van der Waals surface area contributed by atoms with Crippen molar-refractivity contribution in [1.82, 2.24) is 29.4 Å². The molecule has 1 aromatic carbocycles. The molecule has 0 amide bonds. The summed E-state index contributed by atoms with van der Waals surface area (Å²) in [4.78, 5) is 9.49. The fourth-order valence-electron chi connectivity index (χ4n) is 3.76. The molecule has 1 aliphatic heterocycles. The van der Waals surface area contributed by atoms with E-state index in [9.17, 15) is 0 Å². The van der Waals surface area contributed by atoms with Crippen LogP contribution in [0.5, 0.6) is 5.75 Å². The lowest BCUT2D eigenvalue weighted by Crippen LogP contribution is -2.45. The third-order valence-corrected chi connectivity index (χ3v) is 5.43. The number of pyridine rings is 1. The SMILES string of the molecule is COc1ccc(-c2nnc(CN3CCN(Cc4cn5ccccc5n4)CC3)o2)cc1. The Morgan fingerprint density at radius 1 is 0.933 bits per heavy atom. The molecule has 0 unspecified atom stereocenters. The molecule has 4 aromatic rings. The first-order chi connectivity index (χ1) is 14.8. The fourth-order valence-corrected chi connectivity index (χ4v) is 3.76. The van der Waals surface area contributed by atoms with Gasteiger partial charge in [-0.2, -0.15) is 0 Å². The van der Waals surface area contributed by atoms with E-state index in [-0.39, 0.29) is 0 Å². The van der Waals surface area contributed by atoms with Crippen LogP contribution in [0.15, 0.2) is 59.3 Å². The smallest absolute Gasteiger partial charge is 0.247 e. The number of aromatic nitrogens is 4. The summed E-state index contributed by atoms with van der Waals surface area (Å²) in [7, 11) is 1.65. The van der Waals surface area contributed by atoms with E-state index in [0.29, 0.717) is 18.3 Å². The van der Waals surface area contributed by atoms with Crippen molar-refractivity contribution >= 4 is 5.65 Å². The first-order valence-corrected chi connectivity index (χ1v) is 10.1. The average Bonchev–Trinajstić information content (AvgIpc) is 3.41. The molecule has 0 atom stereocenters. The van der Waals surface area contributed by atoms with Crippen LogP contribution in [0.25, 0.3) is 17.1 Å². The number of nitrogens with zero attached hydrogens (tertiary/aromatic N) is 6. The fraction of sp³-hybridized carbons (Fsp3) is 0.318. The van der Waals surface area contributed by atoms with E-state index in [4.69, 9.17) is 14.1 Å². The summed E-state index contributed by atoms with van der Waals surface area (Å²) in [6.45, 7) is 5.46. The second-order valence-electron chi connectivity index (χ2n) is 7.48. The second kappa shape index (κ2) is 8.25. The molecule has 1 fully saturated rings. The van der Waals surface area contributed by atoms with E-state index < -0.39 is 0 Å². The van der Waals surface area contributed by atoms with Gasteiger partial charge in [-0.05, 0) is 36.4 Å². The Hall–Kier alpha value is -3.23. The van der Waals surface area contributed by atoms with Crippen molar-refractivity contribution in [2.24, 2.45) is 0 Å². The molecule has 8 heteroatoms. The summed E-state index contributed by atoms with van der Waals surface area (Å²) in [5.74, 6) is 1.99. The zero-order valence-electron chi connectivity index (χ0n) is 16.9. The van der Waals surface area contributed by atoms with Gasteiger partial charge in [0.15, 0.2) is 0 Å². The summed E-state index contributed by atoms with van der Waals surface area (Å²) in [6, 6.07) is 13.7. The number of benzene rings is 1. The van der Waals surface area contributed by atoms with Gasteiger partial charge in [-0.3, -0.25) is 9.80 Å². The lowest BCUT2D eigenvalue weighted by atomic mass is 10.2. The maximum atomic E-state index is 5.87. The van der Waals surface area contributed by atoms with Crippen LogP contribution in [0.1, 0.15) is 11.6 Å². The van der Waals surface area contributed by atoms with Gasteiger partial charge in [0.1, 0.15) is 11.4 Å². The van der Waals surface area contributed by atoms with Gasteiger partial charge in [0.25, 0.3) is 0 Å². The summed E-state index contributed by atoms with van der Waals surface area (Å²) < 4.78 is 13.1. The van der Waals surface area contributed by atoms with Crippen LogP contribution in [0.4, 0.5) is 0 Å². The molecule has 3 aromatic heterocycles. The van der Waals surface area contributed by atoms with Crippen LogP contribution in [-0.2, 0) is 13.1 Å². The number of rotatable bonds is 6. The van der Waals surface area contributed by atoms with Crippen LogP contribution in [0.2, 0.25) is 0 Å². The minimum absolute atomic E-state index is 0.540. The number of methoxy groups -OCH3 is 1. The lowest BCUT2D eigenvalue weighted by molar-refractivity contribution is 0.114. The monoisotopic (exact) mass is 404 g/mol. The second-order valence-corrected chi connectivity index (χ2v) is 7.48. The van der Waals surface area contributed by atoms with Crippen LogP contribution in [-0.4, -0.2) is 62.7 Å². The lowest BCUT2D eigenvalue weighted by Gasteiger charge is -2.33. The van der Waals surface area contributed by atoms with Gasteiger partial charge in [0.05, 0.1) is 19.3 Å². The van der Waals surface area contributed by atoms with E-state index >= 15 is 0 Å². The molecule has 0 saturated carbocycles. The number of hydrogen-bond acceptors (Lipinski definition) is 7. The molecular formula is C22H24N6O2. The maximum absolute atomic E-state index is 5.87. The third kappa shape index (κ3) is 4.05. The normalized spacial score (nSPS) is 15.6. The van der Waals surface area contributed by atoms with Gasteiger partial charge >= 0.3 is 0 Å². The predicted molar refractivity (Wildman–Crippen MR) is 112 cm³/mol. The van der Waals surface area contributed by atoms with E-state index in [0.717, 1.165) is 55.4 Å². The Balaban J connectivity index is 1.15. The molecular weight excluding hydrogens is 380 g/mol. The predicted octanol–water partition coefficient (Wildman–Crippen LogP) is 2.71. The topological polar surface area (TPSA) is 71.9 Å². The summed E-state index contributed by atoms with van der Waals surface area (Å²) >= 11 is 0. The highest BCUT2D eigenvalue weighted by Gasteiger charge is 2.20. The number of imidazole rings is 1. The largest absolute Gasteiger partial charge is 0.497 e. The molecule has 0 radical (unpaired) electrons. The van der Waals surface area contributed by atoms with Gasteiger partial charge in [-0.1, -0.05) is 6.07 Å². The Kier molecular flexibility index (Phi) is 5.17. The first kappa shape index (κ1) is 18.8. The van der Waals surface area contributed by atoms with E-state index in [1.807, 2.05) is 48.7 Å². The summed E-state index contributed by atoms with van der Waals surface area (Å²) in [5, 5.41) is 8.42. The first-order valence-electron chi connectivity index (χ1n) is 10.1. The highest BCUT2D eigenvalue weighted by Crippen LogP contribution is 2.22. The highest BCUT2D eigenvalue weighted by molar-refractivity contribution is 5.53. The molecule has 4 heterocycles. The molecule has 0 bridgehead atoms. The molecule has 1 saturated heterocycles. The van der Waals surface area contributed by atoms with E-state index in [1.54, 1.807) is 7.11 Å². The minimum Gasteiger partial charge on any atom is -0.497 e. The molecule has 8 nitrogen and oxygen atoms in total. The zero-order chi connectivity index (χ0) is 20.3. The van der Waals surface area contributed by atoms with Crippen molar-refractivity contribution in [2.45, 2.75) is 13.1 Å². The molecule has 1 aliphatic rings. The maximum Gasteiger partial charge on any atom is 0.247 e. The zero-order valence-corrected chi connectivity index (χ0v) is 16.9. The van der Waals surface area contributed by atoms with Crippen molar-refractivity contribution in [3.05, 3.63) is 66.4 Å². The van der Waals surface area contributed by atoms with Gasteiger partial charge in [-0.15, -0.1) is 10.2 Å². The van der Waals surface area contributed by atoms with Gasteiger partial charge in [0, 0.05) is 50.7 Å². The Morgan fingerprint density at radius 3 is 2.43 bits per heavy atom. The number of hydrogen-bond donors (Lipinski definition) is 0. The number of piperazine rings is 1. The Labute approximate surface area is 174 Å². The van der Waals surface area contributed by atoms with Gasteiger partial charge in [-0.25, -0.2) is 4.98 Å². The highest BCUT2D eigenvalue weighted by atomic mass is 16.5. The summed E-state index contributed by atoms with van der Waals surface area (Å²) in [5.41, 5.74) is 3.00. The summed E-state index contributed by atoms with van der Waals surface area (Å²) in [6.07, 6.45) is 4.15. The van der Waals surface area contributed by atoms with Crippen LogP contribution in [0.3, 0.4) is 0 Å². The van der Waals surface area contributed by atoms with Crippen molar-refractivity contribution in [1.29, 1.82) is 0 Å². The van der Waals surface area contributed by atoms with Crippen molar-refractivity contribution in [3.63, 3.8) is 0 Å². The van der Waals surface area contributed by atoms with Gasteiger partial charge < -0.3 is 13.6 Å². The molecule has 154 valence electrons. The molecule has 30 heavy (non-hydrogen) atoms. The molecule has 5 rings (SSSR count). The quantitative estimate of drug-likeness (QED) is 0.489. The average molecular weight is 404 g/mol. The van der Waals surface area contributed by atoms with Gasteiger partial charge in [0.2, 0.25) is 11.8 Å².